The predicted octanol–water partition coefficient (Wildman–Crippen LogP) is 2.56. The van der Waals surface area contributed by atoms with E-state index in [4.69, 9.17) is 14.2 Å². The van der Waals surface area contributed by atoms with Crippen molar-refractivity contribution in [1.29, 1.82) is 0 Å². The van der Waals surface area contributed by atoms with Gasteiger partial charge in [-0.25, -0.2) is 0 Å². The van der Waals surface area contributed by atoms with Crippen LogP contribution >= 0.6 is 0 Å². The van der Waals surface area contributed by atoms with Gasteiger partial charge in [0.05, 0.1) is 19.3 Å². The van der Waals surface area contributed by atoms with Gasteiger partial charge in [-0.05, 0) is 44.4 Å². The van der Waals surface area contributed by atoms with Crippen LogP contribution in [0.2, 0.25) is 0 Å². The molecule has 0 radical (unpaired) electrons. The summed E-state index contributed by atoms with van der Waals surface area (Å²) in [7, 11) is 0. The minimum absolute atomic E-state index is 0.282. The maximum absolute atomic E-state index is 10.3. The fraction of sp³-hybridized carbons (Fsp3) is 0.667. The van der Waals surface area contributed by atoms with Crippen molar-refractivity contribution in [3.05, 3.63) is 23.8 Å². The number of fused-ring (bicyclic) bond motifs is 1. The Hall–Kier alpha value is -1.30. The number of rotatable bonds is 6. The zero-order chi connectivity index (χ0) is 16.2. The molecule has 1 fully saturated rings. The minimum Gasteiger partial charge on any atom is -0.454 e. The summed E-state index contributed by atoms with van der Waals surface area (Å²) < 4.78 is 16.3. The zero-order valence-electron chi connectivity index (χ0n) is 14.0. The van der Waals surface area contributed by atoms with Crippen molar-refractivity contribution >= 4 is 0 Å². The lowest BCUT2D eigenvalue weighted by molar-refractivity contribution is -0.0135. The molecule has 1 N–H and O–H groups in total. The Morgan fingerprint density at radius 3 is 2.74 bits per heavy atom. The quantitative estimate of drug-likeness (QED) is 0.873. The Balaban J connectivity index is 1.43. The van der Waals surface area contributed by atoms with Crippen molar-refractivity contribution in [2.75, 3.05) is 19.9 Å². The van der Waals surface area contributed by atoms with Gasteiger partial charge in [0.25, 0.3) is 0 Å². The lowest BCUT2D eigenvalue weighted by Gasteiger charge is -2.40. The highest BCUT2D eigenvalue weighted by Gasteiger charge is 2.26. The maximum atomic E-state index is 10.3. The van der Waals surface area contributed by atoms with Crippen LogP contribution in [0, 0.1) is 0 Å². The van der Waals surface area contributed by atoms with Gasteiger partial charge in [-0.15, -0.1) is 0 Å². The molecule has 0 aromatic heterocycles. The zero-order valence-corrected chi connectivity index (χ0v) is 14.0. The number of hydrogen-bond donors (Lipinski definition) is 1. The molecular formula is C18H27NO4. The van der Waals surface area contributed by atoms with Gasteiger partial charge < -0.3 is 19.3 Å². The molecule has 1 saturated heterocycles. The number of aliphatic hydroxyl groups excluding tert-OH is 1. The number of β-amino-alcohol motifs (C(OH)–C–C–N with tert-alkyl or cyclic N) is 1. The molecule has 2 heterocycles. The van der Waals surface area contributed by atoms with Gasteiger partial charge in [0.15, 0.2) is 11.5 Å². The molecule has 2 aliphatic rings. The Labute approximate surface area is 138 Å². The summed E-state index contributed by atoms with van der Waals surface area (Å²) in [5.41, 5.74) is 1.03. The topological polar surface area (TPSA) is 51.2 Å². The van der Waals surface area contributed by atoms with Gasteiger partial charge in [-0.1, -0.05) is 12.5 Å². The van der Waals surface area contributed by atoms with Gasteiger partial charge in [0.2, 0.25) is 6.79 Å². The summed E-state index contributed by atoms with van der Waals surface area (Å²) in [5, 5.41) is 10.3. The van der Waals surface area contributed by atoms with E-state index in [0.717, 1.165) is 17.1 Å². The second kappa shape index (κ2) is 7.51. The minimum atomic E-state index is -0.452. The summed E-state index contributed by atoms with van der Waals surface area (Å²) in [5.74, 6) is 1.55. The molecule has 5 heteroatoms. The molecule has 23 heavy (non-hydrogen) atoms. The molecule has 0 aliphatic carbocycles. The summed E-state index contributed by atoms with van der Waals surface area (Å²) >= 11 is 0. The predicted molar refractivity (Wildman–Crippen MR) is 87.7 cm³/mol. The molecule has 3 atom stereocenters. The van der Waals surface area contributed by atoms with E-state index in [1.54, 1.807) is 0 Å². The molecule has 1 aromatic rings. The molecule has 3 rings (SSSR count). The summed E-state index contributed by atoms with van der Waals surface area (Å²) in [6.45, 7) is 6.28. The van der Waals surface area contributed by atoms with Crippen LogP contribution in [0.3, 0.4) is 0 Å². The first-order valence-electron chi connectivity index (χ1n) is 8.53. The van der Waals surface area contributed by atoms with Crippen molar-refractivity contribution in [2.45, 2.75) is 57.9 Å². The molecule has 1 aromatic carbocycles. The van der Waals surface area contributed by atoms with E-state index >= 15 is 0 Å². The maximum Gasteiger partial charge on any atom is 0.231 e. The van der Waals surface area contributed by atoms with Crippen molar-refractivity contribution in [2.24, 2.45) is 0 Å². The van der Waals surface area contributed by atoms with Crippen LogP contribution in [0.15, 0.2) is 18.2 Å². The number of piperidine rings is 1. The van der Waals surface area contributed by atoms with Crippen LogP contribution in [0.4, 0.5) is 0 Å². The number of hydrogen-bond acceptors (Lipinski definition) is 5. The van der Waals surface area contributed by atoms with E-state index in [1.807, 2.05) is 18.2 Å². The Kier molecular flexibility index (Phi) is 5.41. The van der Waals surface area contributed by atoms with Gasteiger partial charge in [0, 0.05) is 18.6 Å². The van der Waals surface area contributed by atoms with E-state index < -0.39 is 6.10 Å². The van der Waals surface area contributed by atoms with Gasteiger partial charge in [-0.2, -0.15) is 0 Å². The lowest BCUT2D eigenvalue weighted by atomic mass is 9.97. The fourth-order valence-corrected chi connectivity index (χ4v) is 3.47. The average Bonchev–Trinajstić information content (AvgIpc) is 2.99. The summed E-state index contributed by atoms with van der Waals surface area (Å²) in [4.78, 5) is 2.40. The standard InChI is InChI=1S/C18H27NO4/c1-13-4-3-5-14(2)19(13)9-16(20)11-21-10-15-6-7-17-18(8-15)23-12-22-17/h6-8,13-14,16,20H,3-5,9-12H2,1-2H3/t13-,14+,16-/m0/s1. The highest BCUT2D eigenvalue weighted by molar-refractivity contribution is 5.44. The third-order valence-corrected chi connectivity index (χ3v) is 4.81. The molecule has 128 valence electrons. The Morgan fingerprint density at radius 2 is 1.96 bits per heavy atom. The van der Waals surface area contributed by atoms with Crippen molar-refractivity contribution in [3.63, 3.8) is 0 Å². The third kappa shape index (κ3) is 4.16. The number of likely N-dealkylation sites (tertiary alicyclic amines) is 1. The number of nitrogens with zero attached hydrogens (tertiary/aromatic N) is 1. The Morgan fingerprint density at radius 1 is 1.22 bits per heavy atom. The largest absolute Gasteiger partial charge is 0.454 e. The highest BCUT2D eigenvalue weighted by Crippen LogP contribution is 2.32. The van der Waals surface area contributed by atoms with Gasteiger partial charge in [0.1, 0.15) is 0 Å². The van der Waals surface area contributed by atoms with Crippen LogP contribution in [-0.2, 0) is 11.3 Å². The molecule has 2 aliphatic heterocycles. The number of benzene rings is 1. The van der Waals surface area contributed by atoms with E-state index in [0.29, 0.717) is 31.8 Å². The smallest absolute Gasteiger partial charge is 0.231 e. The van der Waals surface area contributed by atoms with E-state index in [-0.39, 0.29) is 6.79 Å². The van der Waals surface area contributed by atoms with Crippen molar-refractivity contribution < 1.29 is 19.3 Å². The third-order valence-electron chi connectivity index (χ3n) is 4.81. The molecule has 0 amide bonds. The molecule has 0 bridgehead atoms. The fourth-order valence-electron chi connectivity index (χ4n) is 3.47. The number of aliphatic hydroxyl groups is 1. The van der Waals surface area contributed by atoms with E-state index in [9.17, 15) is 5.11 Å². The molecular weight excluding hydrogens is 294 g/mol. The first-order chi connectivity index (χ1) is 11.1. The SMILES string of the molecule is C[C@@H]1CCC[C@H](C)N1C[C@H](O)COCc1ccc2c(c1)OCO2. The van der Waals surface area contributed by atoms with Crippen LogP contribution in [0.1, 0.15) is 38.7 Å². The first kappa shape index (κ1) is 16.6. The van der Waals surface area contributed by atoms with Gasteiger partial charge in [-0.3, -0.25) is 4.90 Å². The van der Waals surface area contributed by atoms with Crippen LogP contribution in [0.25, 0.3) is 0 Å². The lowest BCUT2D eigenvalue weighted by Crippen LogP contribution is -2.48. The van der Waals surface area contributed by atoms with Crippen LogP contribution in [-0.4, -0.2) is 48.1 Å². The second-order valence-electron chi connectivity index (χ2n) is 6.68. The van der Waals surface area contributed by atoms with Gasteiger partial charge >= 0.3 is 0 Å². The van der Waals surface area contributed by atoms with E-state index in [1.165, 1.54) is 19.3 Å². The summed E-state index contributed by atoms with van der Waals surface area (Å²) in [6.07, 6.45) is 3.27. The summed E-state index contributed by atoms with van der Waals surface area (Å²) in [6, 6.07) is 6.89. The van der Waals surface area contributed by atoms with Crippen molar-refractivity contribution in [1.82, 2.24) is 4.90 Å². The molecule has 0 saturated carbocycles. The first-order valence-corrected chi connectivity index (χ1v) is 8.53. The molecule has 0 spiro atoms. The molecule has 5 nitrogen and oxygen atoms in total. The number of ether oxygens (including phenoxy) is 3. The van der Waals surface area contributed by atoms with E-state index in [2.05, 4.69) is 18.7 Å². The Bertz CT molecular complexity index is 512. The highest BCUT2D eigenvalue weighted by atomic mass is 16.7. The monoisotopic (exact) mass is 321 g/mol. The second-order valence-corrected chi connectivity index (χ2v) is 6.68. The normalized spacial score (nSPS) is 25.5. The van der Waals surface area contributed by atoms with Crippen LogP contribution in [0.5, 0.6) is 11.5 Å². The average molecular weight is 321 g/mol. The molecule has 0 unspecified atom stereocenters. The van der Waals surface area contributed by atoms with Crippen LogP contribution < -0.4 is 9.47 Å². The van der Waals surface area contributed by atoms with Crippen molar-refractivity contribution in [3.8, 4) is 11.5 Å².